The third-order valence-electron chi connectivity index (χ3n) is 2.52. The van der Waals surface area contributed by atoms with E-state index in [0.29, 0.717) is 23.2 Å². The number of nitrogens with one attached hydrogen (secondary N) is 1. The number of halogens is 1. The van der Waals surface area contributed by atoms with Crippen LogP contribution in [0.5, 0.6) is 5.75 Å². The van der Waals surface area contributed by atoms with Crippen molar-refractivity contribution < 1.29 is 9.84 Å². The van der Waals surface area contributed by atoms with Crippen molar-refractivity contribution in [1.29, 1.82) is 0 Å². The van der Waals surface area contributed by atoms with Crippen LogP contribution >= 0.6 is 11.6 Å². The lowest BCUT2D eigenvalue weighted by molar-refractivity contribution is 0.162. The second-order valence-corrected chi connectivity index (χ2v) is 4.74. The normalized spacial score (nSPS) is 12.8. The number of benzene rings is 1. The summed E-state index contributed by atoms with van der Waals surface area (Å²) >= 11 is 5.87. The Balaban J connectivity index is 2.64. The first-order chi connectivity index (χ1) is 8.04. The summed E-state index contributed by atoms with van der Waals surface area (Å²) in [4.78, 5) is 0. The third-order valence-corrected chi connectivity index (χ3v) is 2.76. The highest BCUT2D eigenvalue weighted by Gasteiger charge is 2.13. The van der Waals surface area contributed by atoms with E-state index in [1.807, 2.05) is 0 Å². The van der Waals surface area contributed by atoms with E-state index in [4.69, 9.17) is 16.3 Å². The lowest BCUT2D eigenvalue weighted by Gasteiger charge is -2.16. The quantitative estimate of drug-likeness (QED) is 0.824. The highest BCUT2D eigenvalue weighted by Crippen LogP contribution is 2.29. The van der Waals surface area contributed by atoms with Crippen LogP contribution in [0.2, 0.25) is 5.02 Å². The van der Waals surface area contributed by atoms with E-state index < -0.39 is 6.10 Å². The van der Waals surface area contributed by atoms with E-state index in [2.05, 4.69) is 19.2 Å². The third kappa shape index (κ3) is 4.54. The Labute approximate surface area is 108 Å². The second kappa shape index (κ2) is 6.84. The fraction of sp³-hybridized carbons (Fsp3) is 0.538. The average Bonchev–Trinajstić information content (AvgIpc) is 2.28. The van der Waals surface area contributed by atoms with Gasteiger partial charge in [-0.3, -0.25) is 0 Å². The summed E-state index contributed by atoms with van der Waals surface area (Å²) in [6, 6.07) is 5.71. The molecule has 0 aromatic heterocycles. The number of ether oxygens (including phenoxy) is 1. The predicted molar refractivity (Wildman–Crippen MR) is 70.7 cm³/mol. The molecule has 0 aliphatic carbocycles. The fourth-order valence-corrected chi connectivity index (χ4v) is 1.79. The van der Waals surface area contributed by atoms with Gasteiger partial charge in [-0.2, -0.15) is 0 Å². The molecule has 3 nitrogen and oxygen atoms in total. The Morgan fingerprint density at radius 1 is 1.41 bits per heavy atom. The van der Waals surface area contributed by atoms with E-state index in [9.17, 15) is 5.11 Å². The molecule has 0 aliphatic heterocycles. The van der Waals surface area contributed by atoms with E-state index in [1.54, 1.807) is 25.3 Å². The Bertz CT molecular complexity index is 355. The van der Waals surface area contributed by atoms with Gasteiger partial charge in [-0.25, -0.2) is 0 Å². The highest BCUT2D eigenvalue weighted by atomic mass is 35.5. The first-order valence-electron chi connectivity index (χ1n) is 5.79. The van der Waals surface area contributed by atoms with Crippen LogP contribution in [0.1, 0.15) is 31.9 Å². The predicted octanol–water partition coefficient (Wildman–Crippen LogP) is 2.77. The lowest BCUT2D eigenvalue weighted by Crippen LogP contribution is -2.25. The van der Waals surface area contributed by atoms with Crippen LogP contribution in [0, 0.1) is 0 Å². The number of hydrogen-bond donors (Lipinski definition) is 2. The molecule has 0 heterocycles. The van der Waals surface area contributed by atoms with Crippen LogP contribution in [0.4, 0.5) is 0 Å². The molecular formula is C13H20ClNO2. The minimum absolute atomic E-state index is 0.425. The minimum Gasteiger partial charge on any atom is -0.496 e. The number of methoxy groups -OCH3 is 1. The number of aliphatic hydroxyl groups excluding tert-OH is 1. The van der Waals surface area contributed by atoms with Crippen molar-refractivity contribution in [2.45, 2.75) is 32.4 Å². The zero-order chi connectivity index (χ0) is 12.8. The Kier molecular flexibility index (Phi) is 5.75. The van der Waals surface area contributed by atoms with Crippen LogP contribution < -0.4 is 10.1 Å². The summed E-state index contributed by atoms with van der Waals surface area (Å²) in [7, 11) is 1.58. The van der Waals surface area contributed by atoms with Gasteiger partial charge in [0.1, 0.15) is 5.75 Å². The van der Waals surface area contributed by atoms with Gasteiger partial charge in [0, 0.05) is 16.6 Å². The molecule has 17 heavy (non-hydrogen) atoms. The van der Waals surface area contributed by atoms with Crippen LogP contribution in [0.15, 0.2) is 18.2 Å². The topological polar surface area (TPSA) is 41.5 Å². The smallest absolute Gasteiger partial charge is 0.126 e. The van der Waals surface area contributed by atoms with Gasteiger partial charge in [0.25, 0.3) is 0 Å². The van der Waals surface area contributed by atoms with Crippen LogP contribution in [0.25, 0.3) is 0 Å². The van der Waals surface area contributed by atoms with Gasteiger partial charge in [-0.15, -0.1) is 0 Å². The minimum atomic E-state index is -0.534. The van der Waals surface area contributed by atoms with Gasteiger partial charge in [0.05, 0.1) is 13.2 Å². The van der Waals surface area contributed by atoms with Crippen molar-refractivity contribution in [2.24, 2.45) is 0 Å². The summed E-state index contributed by atoms with van der Waals surface area (Å²) in [6.07, 6.45) is 0.115. The van der Waals surface area contributed by atoms with E-state index >= 15 is 0 Å². The molecule has 4 heteroatoms. The van der Waals surface area contributed by atoms with Crippen LogP contribution in [0.3, 0.4) is 0 Å². The van der Waals surface area contributed by atoms with Gasteiger partial charge in [-0.05, 0) is 25.1 Å². The van der Waals surface area contributed by atoms with Crippen molar-refractivity contribution in [2.75, 3.05) is 13.7 Å². The van der Waals surface area contributed by atoms with Crippen molar-refractivity contribution in [1.82, 2.24) is 5.32 Å². The summed E-state index contributed by atoms with van der Waals surface area (Å²) in [5.41, 5.74) is 0.780. The molecule has 0 saturated carbocycles. The number of hydrogen-bond acceptors (Lipinski definition) is 3. The summed E-state index contributed by atoms with van der Waals surface area (Å²) in [5.74, 6) is 0.634. The standard InChI is InChI=1S/C13H20ClNO2/c1-9(2)15-7-6-12(16)11-5-4-10(14)8-13(11)17-3/h4-5,8-9,12,15-16H,6-7H2,1-3H3. The van der Waals surface area contributed by atoms with Crippen molar-refractivity contribution in [3.63, 3.8) is 0 Å². The van der Waals surface area contributed by atoms with Gasteiger partial charge in [-0.1, -0.05) is 31.5 Å². The maximum Gasteiger partial charge on any atom is 0.126 e. The highest BCUT2D eigenvalue weighted by molar-refractivity contribution is 6.30. The molecule has 0 fully saturated rings. The second-order valence-electron chi connectivity index (χ2n) is 4.30. The molecule has 1 unspecified atom stereocenters. The van der Waals surface area contributed by atoms with Crippen LogP contribution in [-0.2, 0) is 0 Å². The first-order valence-corrected chi connectivity index (χ1v) is 6.17. The Hall–Kier alpha value is -0.770. The SMILES string of the molecule is COc1cc(Cl)ccc1C(O)CCNC(C)C. The van der Waals surface area contributed by atoms with Crippen molar-refractivity contribution in [3.8, 4) is 5.75 Å². The molecule has 0 radical (unpaired) electrons. The first kappa shape index (κ1) is 14.3. The summed E-state index contributed by atoms with van der Waals surface area (Å²) < 4.78 is 5.21. The van der Waals surface area contributed by atoms with Gasteiger partial charge >= 0.3 is 0 Å². The lowest BCUT2D eigenvalue weighted by atomic mass is 10.1. The van der Waals surface area contributed by atoms with Gasteiger partial charge < -0.3 is 15.2 Å². The molecule has 2 N–H and O–H groups in total. The fourth-order valence-electron chi connectivity index (χ4n) is 1.62. The zero-order valence-electron chi connectivity index (χ0n) is 10.5. The molecule has 0 amide bonds. The number of aliphatic hydroxyl groups is 1. The summed E-state index contributed by atoms with van der Waals surface area (Å²) in [6.45, 7) is 4.93. The molecular weight excluding hydrogens is 238 g/mol. The largest absolute Gasteiger partial charge is 0.496 e. The molecule has 96 valence electrons. The van der Waals surface area contributed by atoms with Crippen molar-refractivity contribution in [3.05, 3.63) is 28.8 Å². The van der Waals surface area contributed by atoms with Gasteiger partial charge in [0.2, 0.25) is 0 Å². The van der Waals surface area contributed by atoms with Gasteiger partial charge in [0.15, 0.2) is 0 Å². The average molecular weight is 258 g/mol. The molecule has 1 aromatic carbocycles. The Morgan fingerprint density at radius 2 is 2.12 bits per heavy atom. The molecule has 0 aliphatic rings. The molecule has 1 aromatic rings. The van der Waals surface area contributed by atoms with E-state index in [0.717, 1.165) is 12.1 Å². The zero-order valence-corrected chi connectivity index (χ0v) is 11.3. The summed E-state index contributed by atoms with van der Waals surface area (Å²) in [5, 5.41) is 14.0. The number of rotatable bonds is 6. The van der Waals surface area contributed by atoms with Crippen LogP contribution in [-0.4, -0.2) is 24.8 Å². The van der Waals surface area contributed by atoms with E-state index in [-0.39, 0.29) is 0 Å². The Morgan fingerprint density at radius 3 is 2.71 bits per heavy atom. The molecule has 0 bridgehead atoms. The molecule has 1 rings (SSSR count). The maximum absolute atomic E-state index is 10.1. The van der Waals surface area contributed by atoms with E-state index in [1.165, 1.54) is 0 Å². The maximum atomic E-state index is 10.1. The molecule has 1 atom stereocenters. The molecule has 0 spiro atoms. The molecule has 0 saturated heterocycles. The monoisotopic (exact) mass is 257 g/mol. The van der Waals surface area contributed by atoms with Crippen molar-refractivity contribution >= 4 is 11.6 Å².